The third-order valence-corrected chi connectivity index (χ3v) is 5.20. The maximum Gasteiger partial charge on any atom is 0.331 e. The Morgan fingerprint density at radius 1 is 0.952 bits per heavy atom. The van der Waals surface area contributed by atoms with E-state index in [1.807, 2.05) is 6.92 Å². The molecule has 0 spiro atoms. The monoisotopic (exact) mass is 292 g/mol. The summed E-state index contributed by atoms with van der Waals surface area (Å²) in [7, 11) is 0. The van der Waals surface area contributed by atoms with Gasteiger partial charge in [0.25, 0.3) is 0 Å². The predicted octanol–water partition coefficient (Wildman–Crippen LogP) is 2.86. The van der Waals surface area contributed by atoms with Crippen LogP contribution in [0.15, 0.2) is 12.2 Å². The van der Waals surface area contributed by atoms with Crippen LogP contribution in [0, 0.1) is 23.7 Å². The molecule has 21 heavy (non-hydrogen) atoms. The minimum Gasteiger partial charge on any atom is -0.463 e. The summed E-state index contributed by atoms with van der Waals surface area (Å²) in [6.45, 7) is 2.31. The Bertz CT molecular complexity index is 412. The summed E-state index contributed by atoms with van der Waals surface area (Å²) >= 11 is 0. The van der Waals surface area contributed by atoms with Gasteiger partial charge in [0.15, 0.2) is 0 Å². The summed E-state index contributed by atoms with van der Waals surface area (Å²) in [4.78, 5) is 23.2. The normalized spacial score (nSPS) is 36.9. The van der Waals surface area contributed by atoms with Crippen molar-refractivity contribution in [3.8, 4) is 0 Å². The van der Waals surface area contributed by atoms with Crippen molar-refractivity contribution in [2.75, 3.05) is 6.61 Å². The Hall–Kier alpha value is -1.32. The van der Waals surface area contributed by atoms with Crippen molar-refractivity contribution in [3.63, 3.8) is 0 Å². The zero-order valence-electron chi connectivity index (χ0n) is 12.6. The molecule has 4 fully saturated rings. The molecule has 4 aliphatic carbocycles. The number of ether oxygens (including phenoxy) is 2. The summed E-state index contributed by atoms with van der Waals surface area (Å²) in [5.74, 6) is 1.94. The van der Waals surface area contributed by atoms with E-state index in [1.54, 1.807) is 0 Å². The van der Waals surface area contributed by atoms with Gasteiger partial charge < -0.3 is 9.47 Å². The summed E-state index contributed by atoms with van der Waals surface area (Å²) in [6.07, 6.45) is 9.48. The fourth-order valence-electron chi connectivity index (χ4n) is 4.63. The molecule has 0 radical (unpaired) electrons. The summed E-state index contributed by atoms with van der Waals surface area (Å²) in [5, 5.41) is 0. The fourth-order valence-corrected chi connectivity index (χ4v) is 4.63. The van der Waals surface area contributed by atoms with E-state index < -0.39 is 11.9 Å². The summed E-state index contributed by atoms with van der Waals surface area (Å²) in [6, 6.07) is 0. The number of carbonyl (C=O) groups excluding carboxylic acids is 2. The van der Waals surface area contributed by atoms with Crippen molar-refractivity contribution < 1.29 is 19.1 Å². The van der Waals surface area contributed by atoms with E-state index in [2.05, 4.69) is 0 Å². The van der Waals surface area contributed by atoms with Crippen molar-refractivity contribution in [3.05, 3.63) is 12.2 Å². The van der Waals surface area contributed by atoms with Gasteiger partial charge in [0, 0.05) is 12.2 Å². The molecule has 0 unspecified atom stereocenters. The SMILES string of the molecule is CCCOC(=O)/C=C/C(=O)OC1C2CC3CC(C2)CC1C3. The van der Waals surface area contributed by atoms with Crippen molar-refractivity contribution >= 4 is 11.9 Å². The molecule has 0 amide bonds. The standard InChI is InChI=1S/C17H24O4/c1-2-5-20-15(18)3-4-16(19)21-17-13-7-11-6-12(9-13)10-14(17)8-11/h3-4,11-14,17H,2,5-10H2,1H3/b4-3+. The molecule has 0 saturated heterocycles. The Morgan fingerprint density at radius 3 is 2.10 bits per heavy atom. The van der Waals surface area contributed by atoms with Crippen LogP contribution in [-0.4, -0.2) is 24.6 Å². The Labute approximate surface area is 125 Å². The molecule has 116 valence electrons. The second-order valence-corrected chi connectivity index (χ2v) is 6.83. The van der Waals surface area contributed by atoms with E-state index in [-0.39, 0.29) is 6.10 Å². The van der Waals surface area contributed by atoms with Crippen molar-refractivity contribution in [2.24, 2.45) is 23.7 Å². The minimum atomic E-state index is -0.473. The van der Waals surface area contributed by atoms with E-state index in [4.69, 9.17) is 9.47 Å². The molecule has 0 aromatic heterocycles. The third kappa shape index (κ3) is 3.30. The second kappa shape index (κ2) is 6.20. The Kier molecular flexibility index (Phi) is 4.32. The van der Waals surface area contributed by atoms with E-state index >= 15 is 0 Å². The van der Waals surface area contributed by atoms with Crippen LogP contribution in [-0.2, 0) is 19.1 Å². The first-order valence-electron chi connectivity index (χ1n) is 8.21. The zero-order valence-corrected chi connectivity index (χ0v) is 12.6. The lowest BCUT2D eigenvalue weighted by molar-refractivity contribution is -0.165. The highest BCUT2D eigenvalue weighted by molar-refractivity contribution is 5.91. The lowest BCUT2D eigenvalue weighted by Gasteiger charge is -2.53. The quantitative estimate of drug-likeness (QED) is 0.577. The van der Waals surface area contributed by atoms with Crippen LogP contribution in [0.5, 0.6) is 0 Å². The van der Waals surface area contributed by atoms with Crippen molar-refractivity contribution in [1.29, 1.82) is 0 Å². The average Bonchev–Trinajstić information content (AvgIpc) is 2.46. The first-order valence-corrected chi connectivity index (χ1v) is 8.21. The Balaban J connectivity index is 1.51. The van der Waals surface area contributed by atoms with E-state index in [1.165, 1.54) is 44.3 Å². The lowest BCUT2D eigenvalue weighted by atomic mass is 9.55. The smallest absolute Gasteiger partial charge is 0.331 e. The van der Waals surface area contributed by atoms with Gasteiger partial charge in [-0.15, -0.1) is 0 Å². The predicted molar refractivity (Wildman–Crippen MR) is 77.3 cm³/mol. The van der Waals surface area contributed by atoms with Crippen LogP contribution < -0.4 is 0 Å². The molecule has 4 aliphatic rings. The minimum absolute atomic E-state index is 0.0709. The van der Waals surface area contributed by atoms with Gasteiger partial charge in [-0.3, -0.25) is 0 Å². The van der Waals surface area contributed by atoms with Crippen LogP contribution in [0.25, 0.3) is 0 Å². The van der Waals surface area contributed by atoms with E-state index in [0.29, 0.717) is 18.4 Å². The summed E-state index contributed by atoms with van der Waals surface area (Å²) < 4.78 is 10.5. The van der Waals surface area contributed by atoms with Gasteiger partial charge in [0.1, 0.15) is 6.10 Å². The number of hydrogen-bond donors (Lipinski definition) is 0. The van der Waals surface area contributed by atoms with Gasteiger partial charge >= 0.3 is 11.9 Å². The van der Waals surface area contributed by atoms with Crippen LogP contribution >= 0.6 is 0 Å². The first-order chi connectivity index (χ1) is 10.2. The zero-order chi connectivity index (χ0) is 14.8. The number of hydrogen-bond acceptors (Lipinski definition) is 4. The first kappa shape index (κ1) is 14.6. The third-order valence-electron chi connectivity index (χ3n) is 5.20. The average molecular weight is 292 g/mol. The van der Waals surface area contributed by atoms with Gasteiger partial charge in [0.2, 0.25) is 0 Å². The van der Waals surface area contributed by atoms with Gasteiger partial charge in [-0.05, 0) is 62.2 Å². The second-order valence-electron chi connectivity index (χ2n) is 6.83. The summed E-state index contributed by atoms with van der Waals surface area (Å²) in [5.41, 5.74) is 0. The van der Waals surface area contributed by atoms with Gasteiger partial charge in [-0.1, -0.05) is 6.92 Å². The van der Waals surface area contributed by atoms with Crippen LogP contribution in [0.4, 0.5) is 0 Å². The largest absolute Gasteiger partial charge is 0.463 e. The van der Waals surface area contributed by atoms with E-state index in [0.717, 1.165) is 18.3 Å². The van der Waals surface area contributed by atoms with E-state index in [9.17, 15) is 9.59 Å². The maximum atomic E-state index is 11.9. The van der Waals surface area contributed by atoms with Gasteiger partial charge in [-0.25, -0.2) is 9.59 Å². The van der Waals surface area contributed by atoms with Crippen LogP contribution in [0.1, 0.15) is 45.4 Å². The van der Waals surface area contributed by atoms with Gasteiger partial charge in [-0.2, -0.15) is 0 Å². The molecule has 0 aliphatic heterocycles. The fraction of sp³-hybridized carbons (Fsp3) is 0.765. The molecule has 4 heteroatoms. The highest BCUT2D eigenvalue weighted by Crippen LogP contribution is 2.54. The maximum absolute atomic E-state index is 11.9. The molecule has 0 N–H and O–H groups in total. The van der Waals surface area contributed by atoms with Crippen molar-refractivity contribution in [1.82, 2.24) is 0 Å². The number of rotatable bonds is 5. The number of esters is 2. The molecular weight excluding hydrogens is 268 g/mol. The number of carbonyl (C=O) groups is 2. The topological polar surface area (TPSA) is 52.6 Å². The molecule has 0 atom stereocenters. The van der Waals surface area contributed by atoms with Gasteiger partial charge in [0.05, 0.1) is 6.61 Å². The lowest BCUT2D eigenvalue weighted by Crippen LogP contribution is -2.49. The van der Waals surface area contributed by atoms with Crippen LogP contribution in [0.2, 0.25) is 0 Å². The van der Waals surface area contributed by atoms with Crippen molar-refractivity contribution in [2.45, 2.75) is 51.6 Å². The molecule has 4 bridgehead atoms. The molecule has 0 heterocycles. The molecule has 4 nitrogen and oxygen atoms in total. The molecular formula is C17H24O4. The molecule has 0 aromatic rings. The van der Waals surface area contributed by atoms with Crippen LogP contribution in [0.3, 0.4) is 0 Å². The highest BCUT2D eigenvalue weighted by Gasteiger charge is 2.49. The highest BCUT2D eigenvalue weighted by atomic mass is 16.5. The molecule has 4 rings (SSSR count). The molecule has 4 saturated carbocycles. The Morgan fingerprint density at radius 2 is 1.52 bits per heavy atom. The molecule has 0 aromatic carbocycles.